The van der Waals surface area contributed by atoms with Crippen LogP contribution in [0.15, 0.2) is 24.3 Å². The zero-order valence-electron chi connectivity index (χ0n) is 8.28. The lowest BCUT2D eigenvalue weighted by molar-refractivity contribution is -0.144. The highest BCUT2D eigenvalue weighted by molar-refractivity contribution is 5.93. The molecule has 0 radical (unpaired) electrons. The average Bonchev–Trinajstić information content (AvgIpc) is 2.30. The van der Waals surface area contributed by atoms with Crippen molar-refractivity contribution in [1.29, 1.82) is 0 Å². The molecule has 0 unspecified atom stereocenters. The van der Waals surface area contributed by atoms with Crippen molar-refractivity contribution in [3.05, 3.63) is 35.6 Å². The van der Waals surface area contributed by atoms with Crippen LogP contribution in [0.1, 0.15) is 23.2 Å². The van der Waals surface area contributed by atoms with E-state index in [2.05, 4.69) is 0 Å². The van der Waals surface area contributed by atoms with Crippen molar-refractivity contribution in [3.8, 4) is 0 Å². The van der Waals surface area contributed by atoms with Crippen molar-refractivity contribution in [2.24, 2.45) is 0 Å². The molecule has 1 amide bonds. The van der Waals surface area contributed by atoms with Crippen LogP contribution in [0.25, 0.3) is 0 Å². The maximum Gasteiger partial charge on any atom is 0.277 e. The molecule has 1 aliphatic heterocycles. The van der Waals surface area contributed by atoms with Crippen LogP contribution in [0.2, 0.25) is 0 Å². The Balaban J connectivity index is 2.09. The lowest BCUT2D eigenvalue weighted by Crippen LogP contribution is -2.35. The summed E-state index contributed by atoms with van der Waals surface area (Å²) in [6.45, 7) is 1.18. The third kappa shape index (κ3) is 2.33. The molecule has 1 saturated heterocycles. The standard InChI is InChI=1S/C11H12FNO2/c12-10-5-3-9(4-6-10)11(14)13-7-1-2-8-15-13/h3-6H,1-2,7-8H2. The zero-order valence-corrected chi connectivity index (χ0v) is 8.28. The van der Waals surface area contributed by atoms with Crippen LogP contribution < -0.4 is 0 Å². The molecule has 80 valence electrons. The van der Waals surface area contributed by atoms with Gasteiger partial charge < -0.3 is 0 Å². The van der Waals surface area contributed by atoms with Gasteiger partial charge in [-0.15, -0.1) is 0 Å². The number of amides is 1. The quantitative estimate of drug-likeness (QED) is 0.708. The number of rotatable bonds is 1. The Hall–Kier alpha value is -1.42. The second-order valence-corrected chi connectivity index (χ2v) is 3.45. The van der Waals surface area contributed by atoms with E-state index in [0.717, 1.165) is 12.8 Å². The lowest BCUT2D eigenvalue weighted by Gasteiger charge is -2.25. The Bertz CT molecular complexity index is 344. The van der Waals surface area contributed by atoms with Gasteiger partial charge >= 0.3 is 0 Å². The van der Waals surface area contributed by atoms with Gasteiger partial charge in [0, 0.05) is 12.1 Å². The molecule has 0 spiro atoms. The van der Waals surface area contributed by atoms with E-state index in [1.807, 2.05) is 0 Å². The van der Waals surface area contributed by atoms with E-state index in [9.17, 15) is 9.18 Å². The number of hydroxylamine groups is 2. The largest absolute Gasteiger partial charge is 0.277 e. The van der Waals surface area contributed by atoms with Crippen molar-refractivity contribution in [2.75, 3.05) is 13.2 Å². The molecule has 1 aromatic carbocycles. The van der Waals surface area contributed by atoms with E-state index in [1.54, 1.807) is 0 Å². The van der Waals surface area contributed by atoms with Gasteiger partial charge in [0.05, 0.1) is 6.61 Å². The van der Waals surface area contributed by atoms with Crippen LogP contribution in [0.5, 0.6) is 0 Å². The minimum absolute atomic E-state index is 0.199. The van der Waals surface area contributed by atoms with Gasteiger partial charge in [-0.05, 0) is 37.1 Å². The van der Waals surface area contributed by atoms with Crippen molar-refractivity contribution in [3.63, 3.8) is 0 Å². The summed E-state index contributed by atoms with van der Waals surface area (Å²) in [6.07, 6.45) is 1.93. The third-order valence-electron chi connectivity index (χ3n) is 2.32. The molecule has 1 heterocycles. The maximum atomic E-state index is 12.6. The number of halogens is 1. The summed E-state index contributed by atoms with van der Waals surface area (Å²) >= 11 is 0. The Kier molecular flexibility index (Phi) is 2.97. The summed E-state index contributed by atoms with van der Waals surface area (Å²) in [5.41, 5.74) is 0.457. The highest BCUT2D eigenvalue weighted by atomic mass is 19.1. The first-order chi connectivity index (χ1) is 7.27. The van der Waals surface area contributed by atoms with Crippen LogP contribution in [0.3, 0.4) is 0 Å². The SMILES string of the molecule is O=C(c1ccc(F)cc1)N1CCCCO1. The van der Waals surface area contributed by atoms with Crippen molar-refractivity contribution < 1.29 is 14.0 Å². The Labute approximate surface area is 87.4 Å². The first-order valence-electron chi connectivity index (χ1n) is 4.98. The number of hydrogen-bond acceptors (Lipinski definition) is 2. The van der Waals surface area contributed by atoms with Crippen LogP contribution in [0.4, 0.5) is 4.39 Å². The van der Waals surface area contributed by atoms with Crippen molar-refractivity contribution >= 4 is 5.91 Å². The molecule has 0 saturated carbocycles. The predicted octanol–water partition coefficient (Wildman–Crippen LogP) is 1.99. The summed E-state index contributed by atoms with van der Waals surface area (Å²) in [6, 6.07) is 5.49. The Morgan fingerprint density at radius 1 is 1.27 bits per heavy atom. The fourth-order valence-corrected chi connectivity index (χ4v) is 1.49. The van der Waals surface area contributed by atoms with Gasteiger partial charge in [-0.2, -0.15) is 0 Å². The highest BCUT2D eigenvalue weighted by Gasteiger charge is 2.18. The maximum absolute atomic E-state index is 12.6. The van der Waals surface area contributed by atoms with E-state index in [1.165, 1.54) is 29.3 Å². The van der Waals surface area contributed by atoms with Gasteiger partial charge in [0.25, 0.3) is 5.91 Å². The van der Waals surface area contributed by atoms with Gasteiger partial charge in [0.1, 0.15) is 5.82 Å². The normalized spacial score (nSPS) is 16.5. The number of carbonyl (C=O) groups excluding carboxylic acids is 1. The van der Waals surface area contributed by atoms with E-state index in [0.29, 0.717) is 18.7 Å². The summed E-state index contributed by atoms with van der Waals surface area (Å²) in [5.74, 6) is -0.541. The van der Waals surface area contributed by atoms with Crippen molar-refractivity contribution in [1.82, 2.24) is 5.06 Å². The number of hydrogen-bond donors (Lipinski definition) is 0. The number of benzene rings is 1. The zero-order chi connectivity index (χ0) is 10.7. The summed E-state index contributed by atoms with van der Waals surface area (Å²) in [7, 11) is 0. The summed E-state index contributed by atoms with van der Waals surface area (Å²) < 4.78 is 12.6. The molecule has 0 aromatic heterocycles. The molecular weight excluding hydrogens is 197 g/mol. The molecular formula is C11H12FNO2. The Morgan fingerprint density at radius 2 is 2.00 bits per heavy atom. The topological polar surface area (TPSA) is 29.5 Å². The van der Waals surface area contributed by atoms with E-state index >= 15 is 0 Å². The van der Waals surface area contributed by atoms with Gasteiger partial charge in [-0.1, -0.05) is 0 Å². The summed E-state index contributed by atoms with van der Waals surface area (Å²) in [5, 5.41) is 1.34. The molecule has 0 bridgehead atoms. The van der Waals surface area contributed by atoms with Crippen LogP contribution >= 0.6 is 0 Å². The fraction of sp³-hybridized carbons (Fsp3) is 0.364. The Morgan fingerprint density at radius 3 is 2.60 bits per heavy atom. The molecule has 1 fully saturated rings. The minimum atomic E-state index is -0.342. The average molecular weight is 209 g/mol. The third-order valence-corrected chi connectivity index (χ3v) is 2.32. The second kappa shape index (κ2) is 4.40. The first-order valence-corrected chi connectivity index (χ1v) is 4.98. The first kappa shape index (κ1) is 10.1. The molecule has 15 heavy (non-hydrogen) atoms. The number of carbonyl (C=O) groups is 1. The molecule has 4 heteroatoms. The summed E-state index contributed by atoms with van der Waals surface area (Å²) in [4.78, 5) is 17.0. The minimum Gasteiger partial charge on any atom is -0.271 e. The van der Waals surface area contributed by atoms with Gasteiger partial charge in [-0.25, -0.2) is 9.45 Å². The van der Waals surface area contributed by atoms with E-state index in [4.69, 9.17) is 4.84 Å². The monoisotopic (exact) mass is 209 g/mol. The van der Waals surface area contributed by atoms with Gasteiger partial charge in [0.2, 0.25) is 0 Å². The molecule has 0 N–H and O–H groups in total. The smallest absolute Gasteiger partial charge is 0.271 e. The molecule has 3 nitrogen and oxygen atoms in total. The molecule has 0 atom stereocenters. The van der Waals surface area contributed by atoms with Gasteiger partial charge in [-0.3, -0.25) is 9.63 Å². The number of nitrogens with zero attached hydrogens (tertiary/aromatic N) is 1. The second-order valence-electron chi connectivity index (χ2n) is 3.45. The lowest BCUT2D eigenvalue weighted by atomic mass is 10.2. The van der Waals surface area contributed by atoms with Crippen LogP contribution in [-0.4, -0.2) is 24.1 Å². The van der Waals surface area contributed by atoms with E-state index < -0.39 is 0 Å². The predicted molar refractivity (Wildman–Crippen MR) is 52.6 cm³/mol. The molecule has 1 aromatic rings. The fourth-order valence-electron chi connectivity index (χ4n) is 1.49. The molecule has 1 aliphatic rings. The van der Waals surface area contributed by atoms with Gasteiger partial charge in [0.15, 0.2) is 0 Å². The van der Waals surface area contributed by atoms with E-state index in [-0.39, 0.29) is 11.7 Å². The molecule has 2 rings (SSSR count). The van der Waals surface area contributed by atoms with Crippen molar-refractivity contribution in [2.45, 2.75) is 12.8 Å². The molecule has 0 aliphatic carbocycles. The van der Waals surface area contributed by atoms with Crippen LogP contribution in [-0.2, 0) is 4.84 Å². The highest BCUT2D eigenvalue weighted by Crippen LogP contribution is 2.11. The van der Waals surface area contributed by atoms with Crippen LogP contribution in [0, 0.1) is 5.82 Å².